The van der Waals surface area contributed by atoms with Crippen LogP contribution in [0.15, 0.2) is 48.8 Å². The fraction of sp³-hybridized carbons (Fsp3) is 0.333. The fourth-order valence-electron chi connectivity index (χ4n) is 3.46. The number of rotatable bonds is 8. The van der Waals surface area contributed by atoms with Gasteiger partial charge in [0.1, 0.15) is 42.9 Å². The van der Waals surface area contributed by atoms with Crippen molar-refractivity contribution >= 4 is 23.0 Å². The number of ether oxygens (including phenoxy) is 2. The van der Waals surface area contributed by atoms with Gasteiger partial charge in [0.2, 0.25) is 6.23 Å². The van der Waals surface area contributed by atoms with Crippen molar-refractivity contribution < 1.29 is 29.6 Å². The second-order valence-corrected chi connectivity index (χ2v) is 7.16. The zero-order chi connectivity index (χ0) is 22.7. The predicted molar refractivity (Wildman–Crippen MR) is 112 cm³/mol. The van der Waals surface area contributed by atoms with E-state index in [2.05, 4.69) is 20.3 Å². The number of carbonyl (C=O) groups excluding carboxylic acids is 1. The van der Waals surface area contributed by atoms with Gasteiger partial charge in [-0.15, -0.1) is 0 Å². The summed E-state index contributed by atoms with van der Waals surface area (Å²) in [5.74, 6) is 0.243. The number of aromatic nitrogens is 4. The molecule has 11 nitrogen and oxygen atoms in total. The molecule has 0 saturated heterocycles. The molecule has 4 rings (SSSR count). The topological polar surface area (TPSA) is 152 Å². The first-order chi connectivity index (χ1) is 15.5. The molecule has 11 heteroatoms. The summed E-state index contributed by atoms with van der Waals surface area (Å²) in [6.45, 7) is 1.61. The largest absolute Gasteiger partial charge is 0.508 e. The van der Waals surface area contributed by atoms with E-state index < -0.39 is 24.3 Å². The highest BCUT2D eigenvalue weighted by Crippen LogP contribution is 2.30. The number of esters is 1. The minimum absolute atomic E-state index is 0.132. The van der Waals surface area contributed by atoms with E-state index in [-0.39, 0.29) is 24.7 Å². The second kappa shape index (κ2) is 9.20. The van der Waals surface area contributed by atoms with Gasteiger partial charge >= 0.3 is 5.97 Å². The lowest BCUT2D eigenvalue weighted by atomic mass is 10.1. The number of fused-ring (bicyclic) bond motifs is 1. The number of nitrogens with zero attached hydrogens (tertiary/aromatic N) is 4. The number of phenolic OH excluding ortho intramolecular Hbond substituents is 1. The number of anilines is 1. The van der Waals surface area contributed by atoms with Crippen molar-refractivity contribution in [1.82, 2.24) is 19.5 Å². The minimum Gasteiger partial charge on any atom is -0.508 e. The van der Waals surface area contributed by atoms with Gasteiger partial charge < -0.3 is 30.1 Å². The van der Waals surface area contributed by atoms with Gasteiger partial charge in [-0.1, -0.05) is 12.1 Å². The maximum atomic E-state index is 12.6. The lowest BCUT2D eigenvalue weighted by Crippen LogP contribution is -2.34. The number of nitrogens with one attached hydrogen (secondary N) is 1. The van der Waals surface area contributed by atoms with Gasteiger partial charge in [0.25, 0.3) is 0 Å². The molecule has 0 bridgehead atoms. The Kier molecular flexibility index (Phi) is 6.19. The Bertz CT molecular complexity index is 1130. The Balaban J connectivity index is 1.62. The number of imidazole rings is 1. The molecule has 3 heterocycles. The van der Waals surface area contributed by atoms with Crippen molar-refractivity contribution in [2.75, 3.05) is 18.5 Å². The maximum Gasteiger partial charge on any atom is 0.328 e. The molecule has 168 valence electrons. The molecule has 0 spiro atoms. The van der Waals surface area contributed by atoms with Crippen LogP contribution in [0.25, 0.3) is 11.2 Å². The summed E-state index contributed by atoms with van der Waals surface area (Å²) >= 11 is 0. The molecule has 0 fully saturated rings. The lowest BCUT2D eigenvalue weighted by Gasteiger charge is -2.19. The Morgan fingerprint density at radius 2 is 2.06 bits per heavy atom. The number of aromatic hydroxyl groups is 1. The van der Waals surface area contributed by atoms with Crippen LogP contribution in [0.2, 0.25) is 0 Å². The number of carbonyl (C=O) groups is 1. The highest BCUT2D eigenvalue weighted by atomic mass is 16.5. The van der Waals surface area contributed by atoms with E-state index in [9.17, 15) is 20.1 Å². The maximum absolute atomic E-state index is 12.6. The Morgan fingerprint density at radius 3 is 2.75 bits per heavy atom. The van der Waals surface area contributed by atoms with Gasteiger partial charge in [-0.25, -0.2) is 19.7 Å². The van der Waals surface area contributed by atoms with Crippen LogP contribution in [-0.4, -0.2) is 66.2 Å². The first-order valence-corrected chi connectivity index (χ1v) is 10.0. The quantitative estimate of drug-likeness (QED) is 0.371. The monoisotopic (exact) mass is 441 g/mol. The SMILES string of the molecule is CCOC(=O)[C@@H](Cc1ccc(O)cc1)Nc1ncnc2c1ncn2[C@@H]1OC(CO)=CC1O. The summed E-state index contributed by atoms with van der Waals surface area (Å²) in [4.78, 5) is 25.4. The van der Waals surface area contributed by atoms with E-state index >= 15 is 0 Å². The molecule has 32 heavy (non-hydrogen) atoms. The van der Waals surface area contributed by atoms with Gasteiger partial charge in [-0.05, 0) is 30.7 Å². The van der Waals surface area contributed by atoms with E-state index in [0.717, 1.165) is 5.56 Å². The zero-order valence-electron chi connectivity index (χ0n) is 17.3. The standard InChI is InChI=1S/C21H23N5O6/c1-2-31-21(30)15(7-12-3-5-13(28)6-4-12)25-18-17-19(23-10-22-18)26(11-24-17)20-16(29)8-14(9-27)32-20/h3-6,8,10-11,15-16,20,27-29H,2,7,9H2,1H3,(H,22,23,25)/t15-,16?,20-/m1/s1. The first-order valence-electron chi connectivity index (χ1n) is 10.0. The fourth-order valence-corrected chi connectivity index (χ4v) is 3.46. The van der Waals surface area contributed by atoms with Crippen LogP contribution in [0, 0.1) is 0 Å². The van der Waals surface area contributed by atoms with Gasteiger partial charge in [0, 0.05) is 6.42 Å². The molecule has 0 radical (unpaired) electrons. The molecule has 3 atom stereocenters. The molecule has 0 aliphatic carbocycles. The van der Waals surface area contributed by atoms with Crippen LogP contribution in [-0.2, 0) is 20.7 Å². The summed E-state index contributed by atoms with van der Waals surface area (Å²) < 4.78 is 12.3. The van der Waals surface area contributed by atoms with Crippen molar-refractivity contribution in [1.29, 1.82) is 0 Å². The van der Waals surface area contributed by atoms with Crippen LogP contribution < -0.4 is 5.32 Å². The molecule has 1 unspecified atom stereocenters. The highest BCUT2D eigenvalue weighted by molar-refractivity contribution is 5.86. The molecule has 2 aromatic heterocycles. The molecule has 3 aromatic rings. The number of benzene rings is 1. The Morgan fingerprint density at radius 1 is 1.28 bits per heavy atom. The summed E-state index contributed by atoms with van der Waals surface area (Å²) in [6.07, 6.45) is 2.66. The number of hydrogen-bond acceptors (Lipinski definition) is 10. The minimum atomic E-state index is -0.984. The summed E-state index contributed by atoms with van der Waals surface area (Å²) in [5.41, 5.74) is 1.57. The number of aliphatic hydroxyl groups is 2. The van der Waals surface area contributed by atoms with E-state index in [1.807, 2.05) is 0 Å². The van der Waals surface area contributed by atoms with E-state index in [1.165, 1.54) is 23.3 Å². The van der Waals surface area contributed by atoms with E-state index in [0.29, 0.717) is 23.4 Å². The normalized spacial score (nSPS) is 18.8. The van der Waals surface area contributed by atoms with Crippen molar-refractivity contribution in [3.8, 4) is 5.75 Å². The lowest BCUT2D eigenvalue weighted by molar-refractivity contribution is -0.144. The van der Waals surface area contributed by atoms with Gasteiger partial charge in [0.05, 0.1) is 6.61 Å². The smallest absolute Gasteiger partial charge is 0.328 e. The summed E-state index contributed by atoms with van der Waals surface area (Å²) in [6, 6.07) is 5.77. The average molecular weight is 441 g/mol. The molecule has 0 amide bonds. The Labute approximate surface area is 183 Å². The van der Waals surface area contributed by atoms with Crippen LogP contribution in [0.3, 0.4) is 0 Å². The number of hydrogen-bond donors (Lipinski definition) is 4. The third-order valence-corrected chi connectivity index (χ3v) is 4.97. The third kappa shape index (κ3) is 4.34. The zero-order valence-corrected chi connectivity index (χ0v) is 17.3. The van der Waals surface area contributed by atoms with E-state index in [1.54, 1.807) is 31.2 Å². The highest BCUT2D eigenvalue weighted by Gasteiger charge is 2.31. The molecular formula is C21H23N5O6. The van der Waals surface area contributed by atoms with Crippen LogP contribution in [0.4, 0.5) is 5.82 Å². The predicted octanol–water partition coefficient (Wildman–Crippen LogP) is 0.884. The molecule has 1 aliphatic rings. The molecule has 1 aliphatic heterocycles. The van der Waals surface area contributed by atoms with Crippen LogP contribution in [0.1, 0.15) is 18.7 Å². The van der Waals surface area contributed by atoms with Crippen molar-refractivity contribution in [2.45, 2.75) is 31.7 Å². The van der Waals surface area contributed by atoms with E-state index in [4.69, 9.17) is 9.47 Å². The van der Waals surface area contributed by atoms with Crippen molar-refractivity contribution in [2.24, 2.45) is 0 Å². The van der Waals surface area contributed by atoms with Gasteiger partial charge in [-0.3, -0.25) is 4.57 Å². The average Bonchev–Trinajstić information content (AvgIpc) is 3.38. The number of phenols is 1. The van der Waals surface area contributed by atoms with Gasteiger partial charge in [0.15, 0.2) is 17.0 Å². The molecular weight excluding hydrogens is 418 g/mol. The van der Waals surface area contributed by atoms with Crippen LogP contribution in [0.5, 0.6) is 5.75 Å². The van der Waals surface area contributed by atoms with Crippen LogP contribution >= 0.6 is 0 Å². The number of aliphatic hydroxyl groups excluding tert-OH is 2. The van der Waals surface area contributed by atoms with Gasteiger partial charge in [-0.2, -0.15) is 0 Å². The third-order valence-electron chi connectivity index (χ3n) is 4.97. The first kappa shape index (κ1) is 21.5. The van der Waals surface area contributed by atoms with Crippen molar-refractivity contribution in [3.05, 3.63) is 54.3 Å². The molecule has 0 saturated carbocycles. The second-order valence-electron chi connectivity index (χ2n) is 7.16. The summed E-state index contributed by atoms with van der Waals surface area (Å²) in [5, 5.41) is 32.1. The van der Waals surface area contributed by atoms with Crippen molar-refractivity contribution in [3.63, 3.8) is 0 Å². The summed E-state index contributed by atoms with van der Waals surface area (Å²) in [7, 11) is 0. The molecule has 1 aromatic carbocycles. The molecule has 4 N–H and O–H groups in total. The Hall–Kier alpha value is -3.70.